The van der Waals surface area contributed by atoms with E-state index in [2.05, 4.69) is 25.7 Å². The second-order valence-corrected chi connectivity index (χ2v) is 9.22. The Morgan fingerprint density at radius 2 is 1.12 bits per heavy atom. The molecule has 26 heavy (non-hydrogen) atoms. The van der Waals surface area contributed by atoms with Crippen molar-refractivity contribution < 1.29 is 12.6 Å². The SMILES string of the molecule is CCCCCCCCCCCCOS(=O)(=O)CCCN(CCC)CCC. The third-order valence-electron chi connectivity index (χ3n) is 4.71. The number of rotatable bonds is 20. The van der Waals surface area contributed by atoms with E-state index in [1.54, 1.807) is 0 Å². The van der Waals surface area contributed by atoms with Crippen LogP contribution in [0.5, 0.6) is 0 Å². The third kappa shape index (κ3) is 17.3. The quantitative estimate of drug-likeness (QED) is 0.195. The molecule has 0 aromatic rings. The van der Waals surface area contributed by atoms with Crippen molar-refractivity contribution in [3.63, 3.8) is 0 Å². The number of unbranched alkanes of at least 4 members (excludes halogenated alkanes) is 9. The van der Waals surface area contributed by atoms with Crippen LogP contribution in [-0.2, 0) is 14.3 Å². The van der Waals surface area contributed by atoms with Crippen molar-refractivity contribution in [1.29, 1.82) is 0 Å². The van der Waals surface area contributed by atoms with Gasteiger partial charge in [0.2, 0.25) is 0 Å². The van der Waals surface area contributed by atoms with Gasteiger partial charge in [-0.05, 0) is 45.3 Å². The van der Waals surface area contributed by atoms with Crippen molar-refractivity contribution in [2.24, 2.45) is 0 Å². The van der Waals surface area contributed by atoms with Crippen molar-refractivity contribution in [2.75, 3.05) is 32.0 Å². The van der Waals surface area contributed by atoms with Crippen LogP contribution in [0.15, 0.2) is 0 Å². The molecule has 0 spiro atoms. The molecule has 0 aliphatic carbocycles. The highest BCUT2D eigenvalue weighted by Crippen LogP contribution is 2.11. The minimum atomic E-state index is -3.34. The summed E-state index contributed by atoms with van der Waals surface area (Å²) in [6, 6.07) is 0. The van der Waals surface area contributed by atoms with E-state index < -0.39 is 10.1 Å². The molecule has 158 valence electrons. The Morgan fingerprint density at radius 1 is 0.615 bits per heavy atom. The van der Waals surface area contributed by atoms with Crippen molar-refractivity contribution in [1.82, 2.24) is 4.90 Å². The maximum Gasteiger partial charge on any atom is 0.267 e. The Labute approximate surface area is 164 Å². The highest BCUT2D eigenvalue weighted by atomic mass is 32.2. The summed E-state index contributed by atoms with van der Waals surface area (Å²) in [5.41, 5.74) is 0. The normalized spacial score (nSPS) is 12.2. The van der Waals surface area contributed by atoms with Gasteiger partial charge in [0.15, 0.2) is 0 Å². The zero-order valence-electron chi connectivity index (χ0n) is 17.8. The van der Waals surface area contributed by atoms with E-state index in [-0.39, 0.29) is 5.75 Å². The van der Waals surface area contributed by atoms with Crippen LogP contribution in [0.2, 0.25) is 0 Å². The molecule has 0 N–H and O–H groups in total. The van der Waals surface area contributed by atoms with Gasteiger partial charge in [0, 0.05) is 0 Å². The lowest BCUT2D eigenvalue weighted by Gasteiger charge is -2.20. The van der Waals surface area contributed by atoms with Gasteiger partial charge in [-0.1, -0.05) is 78.6 Å². The van der Waals surface area contributed by atoms with E-state index in [0.29, 0.717) is 13.0 Å². The Bertz CT molecular complexity index is 379. The summed E-state index contributed by atoms with van der Waals surface area (Å²) in [7, 11) is -3.34. The van der Waals surface area contributed by atoms with Crippen LogP contribution >= 0.6 is 0 Å². The Hall–Kier alpha value is -0.130. The first-order valence-corrected chi connectivity index (χ1v) is 12.7. The summed E-state index contributed by atoms with van der Waals surface area (Å²) < 4.78 is 29.1. The molecule has 0 saturated heterocycles. The predicted octanol–water partition coefficient (Wildman–Crippen LogP) is 5.77. The first-order valence-electron chi connectivity index (χ1n) is 11.1. The molecule has 0 radical (unpaired) electrons. The number of nitrogens with zero attached hydrogens (tertiary/aromatic N) is 1. The summed E-state index contributed by atoms with van der Waals surface area (Å²) in [5, 5.41) is 0. The standard InChI is InChI=1S/C21H45NO3S/c1-4-7-8-9-10-11-12-13-14-15-20-25-26(23,24)21-16-19-22(17-5-2)18-6-3/h4-21H2,1-3H3. The van der Waals surface area contributed by atoms with E-state index in [1.165, 1.54) is 51.4 Å². The van der Waals surface area contributed by atoms with Crippen LogP contribution in [0.4, 0.5) is 0 Å². The molecular weight excluding hydrogens is 346 g/mol. The largest absolute Gasteiger partial charge is 0.303 e. The molecule has 0 amide bonds. The van der Waals surface area contributed by atoms with Crippen LogP contribution in [-0.4, -0.2) is 45.3 Å². The summed E-state index contributed by atoms with van der Waals surface area (Å²) in [6.45, 7) is 9.87. The van der Waals surface area contributed by atoms with E-state index in [1.807, 2.05) is 0 Å². The zero-order chi connectivity index (χ0) is 19.5. The van der Waals surface area contributed by atoms with Crippen molar-refractivity contribution in [3.05, 3.63) is 0 Å². The summed E-state index contributed by atoms with van der Waals surface area (Å²) in [4.78, 5) is 2.35. The van der Waals surface area contributed by atoms with E-state index >= 15 is 0 Å². The predicted molar refractivity (Wildman–Crippen MR) is 113 cm³/mol. The molecule has 0 rings (SSSR count). The highest BCUT2D eigenvalue weighted by molar-refractivity contribution is 7.86. The van der Waals surface area contributed by atoms with Gasteiger partial charge in [-0.3, -0.25) is 4.18 Å². The lowest BCUT2D eigenvalue weighted by atomic mass is 10.1. The molecule has 0 aliphatic rings. The molecule has 0 aromatic heterocycles. The van der Waals surface area contributed by atoms with Crippen LogP contribution in [0.1, 0.15) is 104 Å². The molecule has 0 aromatic carbocycles. The topological polar surface area (TPSA) is 46.6 Å². The summed E-state index contributed by atoms with van der Waals surface area (Å²) in [5.74, 6) is 0.148. The Kier molecular flexibility index (Phi) is 18.2. The monoisotopic (exact) mass is 391 g/mol. The van der Waals surface area contributed by atoms with Crippen LogP contribution in [0.25, 0.3) is 0 Å². The summed E-state index contributed by atoms with van der Waals surface area (Å²) in [6.07, 6.45) is 15.3. The van der Waals surface area contributed by atoms with Gasteiger partial charge in [-0.25, -0.2) is 0 Å². The zero-order valence-corrected chi connectivity index (χ0v) is 18.6. The van der Waals surface area contributed by atoms with E-state index in [0.717, 1.165) is 45.3 Å². The molecule has 0 heterocycles. The second-order valence-electron chi connectivity index (χ2n) is 7.46. The number of hydrogen-bond donors (Lipinski definition) is 0. The fourth-order valence-electron chi connectivity index (χ4n) is 3.27. The molecule has 0 aliphatic heterocycles. The average Bonchev–Trinajstić information content (AvgIpc) is 2.60. The maximum absolute atomic E-state index is 11.9. The van der Waals surface area contributed by atoms with E-state index in [4.69, 9.17) is 4.18 Å². The molecule has 0 fully saturated rings. The van der Waals surface area contributed by atoms with Gasteiger partial charge in [0.25, 0.3) is 10.1 Å². The number of hydrogen-bond acceptors (Lipinski definition) is 4. The molecule has 0 atom stereocenters. The minimum Gasteiger partial charge on any atom is -0.303 e. The minimum absolute atomic E-state index is 0.148. The summed E-state index contributed by atoms with van der Waals surface area (Å²) >= 11 is 0. The maximum atomic E-state index is 11.9. The first kappa shape index (κ1) is 25.9. The van der Waals surface area contributed by atoms with Gasteiger partial charge < -0.3 is 4.90 Å². The fraction of sp³-hybridized carbons (Fsp3) is 1.00. The lowest BCUT2D eigenvalue weighted by Crippen LogP contribution is -2.28. The second kappa shape index (κ2) is 18.2. The van der Waals surface area contributed by atoms with Gasteiger partial charge >= 0.3 is 0 Å². The van der Waals surface area contributed by atoms with Crippen LogP contribution < -0.4 is 0 Å². The van der Waals surface area contributed by atoms with E-state index in [9.17, 15) is 8.42 Å². The Morgan fingerprint density at radius 3 is 1.62 bits per heavy atom. The van der Waals surface area contributed by atoms with Gasteiger partial charge in [-0.2, -0.15) is 8.42 Å². The fourth-order valence-corrected chi connectivity index (χ4v) is 4.24. The van der Waals surface area contributed by atoms with Crippen molar-refractivity contribution in [2.45, 2.75) is 104 Å². The molecule has 0 unspecified atom stereocenters. The smallest absolute Gasteiger partial charge is 0.267 e. The van der Waals surface area contributed by atoms with Gasteiger partial charge in [0.1, 0.15) is 0 Å². The van der Waals surface area contributed by atoms with Gasteiger partial charge in [-0.15, -0.1) is 0 Å². The molecule has 0 bridgehead atoms. The Balaban J connectivity index is 3.57. The van der Waals surface area contributed by atoms with Crippen LogP contribution in [0.3, 0.4) is 0 Å². The van der Waals surface area contributed by atoms with Crippen LogP contribution in [0, 0.1) is 0 Å². The highest BCUT2D eigenvalue weighted by Gasteiger charge is 2.12. The van der Waals surface area contributed by atoms with Crippen molar-refractivity contribution >= 4 is 10.1 Å². The lowest BCUT2D eigenvalue weighted by molar-refractivity contribution is 0.271. The van der Waals surface area contributed by atoms with Crippen molar-refractivity contribution in [3.8, 4) is 0 Å². The molecular formula is C21H45NO3S. The molecule has 0 saturated carbocycles. The average molecular weight is 392 g/mol. The first-order chi connectivity index (χ1) is 12.6. The molecule has 5 heteroatoms. The van der Waals surface area contributed by atoms with Gasteiger partial charge in [0.05, 0.1) is 12.4 Å². The third-order valence-corrected chi connectivity index (χ3v) is 6.02. The molecule has 4 nitrogen and oxygen atoms in total.